The molecule has 2 aromatic rings. The van der Waals surface area contributed by atoms with Crippen LogP contribution in [0.2, 0.25) is 0 Å². The van der Waals surface area contributed by atoms with Crippen molar-refractivity contribution in [1.82, 2.24) is 4.72 Å². The molecule has 0 bridgehead atoms. The van der Waals surface area contributed by atoms with Gasteiger partial charge in [-0.3, -0.25) is 0 Å². The van der Waals surface area contributed by atoms with Crippen LogP contribution >= 0.6 is 0 Å². The highest BCUT2D eigenvalue weighted by Gasteiger charge is 2.18. The van der Waals surface area contributed by atoms with Crippen LogP contribution in [0.1, 0.15) is 13.8 Å². The minimum Gasteiger partial charge on any atom is -0.326 e. The van der Waals surface area contributed by atoms with E-state index < -0.39 is 10.0 Å². The third kappa shape index (κ3) is 3.17. The predicted molar refractivity (Wildman–Crippen MR) is 81.9 cm³/mol. The number of fused-ring (bicyclic) bond motifs is 1. The summed E-state index contributed by atoms with van der Waals surface area (Å²) >= 11 is 0. The second-order valence-electron chi connectivity index (χ2n) is 5.24. The van der Waals surface area contributed by atoms with Crippen LogP contribution in [0.3, 0.4) is 0 Å². The summed E-state index contributed by atoms with van der Waals surface area (Å²) in [5.41, 5.74) is 5.89. The Labute approximate surface area is 120 Å². The first-order valence-corrected chi connectivity index (χ1v) is 8.13. The molecule has 0 aromatic heterocycles. The van der Waals surface area contributed by atoms with Crippen LogP contribution in [0.4, 0.5) is 0 Å². The molecule has 3 N–H and O–H groups in total. The number of benzene rings is 2. The zero-order valence-electron chi connectivity index (χ0n) is 11.7. The number of sulfonamides is 1. The summed E-state index contributed by atoms with van der Waals surface area (Å²) in [4.78, 5) is 0.298. The summed E-state index contributed by atoms with van der Waals surface area (Å²) < 4.78 is 27.4. The smallest absolute Gasteiger partial charge is 0.241 e. The molecule has 0 spiro atoms. The van der Waals surface area contributed by atoms with Crippen molar-refractivity contribution in [3.8, 4) is 0 Å². The van der Waals surface area contributed by atoms with Gasteiger partial charge in [-0.2, -0.15) is 0 Å². The Bertz CT molecular complexity index is 691. The molecule has 0 radical (unpaired) electrons. The highest BCUT2D eigenvalue weighted by Crippen LogP contribution is 2.22. The van der Waals surface area contributed by atoms with Gasteiger partial charge in [0.05, 0.1) is 4.90 Å². The molecule has 0 amide bonds. The maximum atomic E-state index is 12.4. The van der Waals surface area contributed by atoms with Gasteiger partial charge in [-0.1, -0.05) is 50.2 Å². The highest BCUT2D eigenvalue weighted by molar-refractivity contribution is 7.89. The summed E-state index contributed by atoms with van der Waals surface area (Å²) in [6, 6.07) is 12.5. The molecular formula is C15H20N2O2S. The van der Waals surface area contributed by atoms with E-state index in [1.54, 1.807) is 12.1 Å². The molecule has 0 aliphatic heterocycles. The van der Waals surface area contributed by atoms with E-state index in [0.29, 0.717) is 4.90 Å². The van der Waals surface area contributed by atoms with Gasteiger partial charge in [-0.15, -0.1) is 0 Å². The summed E-state index contributed by atoms with van der Waals surface area (Å²) in [5, 5.41) is 1.63. The van der Waals surface area contributed by atoms with Crippen LogP contribution in [-0.2, 0) is 10.0 Å². The fraction of sp³-hybridized carbons (Fsp3) is 0.333. The van der Waals surface area contributed by atoms with E-state index in [0.717, 1.165) is 10.8 Å². The standard InChI is InChI=1S/C15H20N2O2S/c1-11(2)14(16)10-17-20(18,19)15-9-5-7-12-6-3-4-8-13(12)15/h3-9,11,14,17H,10,16H2,1-2H3. The second kappa shape index (κ2) is 5.91. The van der Waals surface area contributed by atoms with E-state index in [2.05, 4.69) is 4.72 Å². The van der Waals surface area contributed by atoms with E-state index in [-0.39, 0.29) is 18.5 Å². The third-order valence-electron chi connectivity index (χ3n) is 3.40. The lowest BCUT2D eigenvalue weighted by Gasteiger charge is -2.16. The minimum atomic E-state index is -3.55. The van der Waals surface area contributed by atoms with Crippen molar-refractivity contribution < 1.29 is 8.42 Å². The highest BCUT2D eigenvalue weighted by atomic mass is 32.2. The molecule has 2 rings (SSSR count). The molecule has 1 unspecified atom stereocenters. The predicted octanol–water partition coefficient (Wildman–Crippen LogP) is 2.10. The summed E-state index contributed by atoms with van der Waals surface area (Å²) in [7, 11) is -3.55. The maximum absolute atomic E-state index is 12.4. The monoisotopic (exact) mass is 292 g/mol. The SMILES string of the molecule is CC(C)C(N)CNS(=O)(=O)c1cccc2ccccc12. The fourth-order valence-corrected chi connectivity index (χ4v) is 3.25. The lowest BCUT2D eigenvalue weighted by molar-refractivity contribution is 0.481. The maximum Gasteiger partial charge on any atom is 0.241 e. The van der Waals surface area contributed by atoms with Gasteiger partial charge < -0.3 is 5.73 Å². The van der Waals surface area contributed by atoms with Crippen molar-refractivity contribution in [3.05, 3.63) is 42.5 Å². The molecule has 108 valence electrons. The van der Waals surface area contributed by atoms with Gasteiger partial charge in [0.25, 0.3) is 0 Å². The summed E-state index contributed by atoms with van der Waals surface area (Å²) in [6.45, 7) is 4.18. The zero-order valence-corrected chi connectivity index (χ0v) is 12.5. The van der Waals surface area contributed by atoms with E-state index in [9.17, 15) is 8.42 Å². The fourth-order valence-electron chi connectivity index (χ4n) is 1.95. The van der Waals surface area contributed by atoms with Crippen molar-refractivity contribution in [2.24, 2.45) is 11.7 Å². The van der Waals surface area contributed by atoms with Crippen LogP contribution in [0.5, 0.6) is 0 Å². The Hall–Kier alpha value is -1.43. The molecule has 0 saturated carbocycles. The lowest BCUT2D eigenvalue weighted by Crippen LogP contribution is -2.40. The van der Waals surface area contributed by atoms with E-state index in [1.165, 1.54) is 0 Å². The van der Waals surface area contributed by atoms with Gasteiger partial charge in [0.2, 0.25) is 10.0 Å². The van der Waals surface area contributed by atoms with Gasteiger partial charge in [0.1, 0.15) is 0 Å². The molecule has 20 heavy (non-hydrogen) atoms. The third-order valence-corrected chi connectivity index (χ3v) is 4.89. The largest absolute Gasteiger partial charge is 0.326 e. The number of hydrogen-bond donors (Lipinski definition) is 2. The van der Waals surface area contributed by atoms with Crippen molar-refractivity contribution >= 4 is 20.8 Å². The molecule has 2 aromatic carbocycles. The van der Waals surface area contributed by atoms with Crippen LogP contribution in [-0.4, -0.2) is 21.0 Å². The normalized spacial score (nSPS) is 13.8. The Balaban J connectivity index is 2.33. The Morgan fingerprint density at radius 3 is 2.45 bits per heavy atom. The average Bonchev–Trinajstić information content (AvgIpc) is 2.44. The number of rotatable bonds is 5. The topological polar surface area (TPSA) is 72.2 Å². The quantitative estimate of drug-likeness (QED) is 0.886. The number of nitrogens with one attached hydrogen (secondary N) is 1. The van der Waals surface area contributed by atoms with Crippen LogP contribution in [0.15, 0.2) is 47.4 Å². The molecule has 0 heterocycles. The van der Waals surface area contributed by atoms with Crippen molar-refractivity contribution in [2.75, 3.05) is 6.54 Å². The Kier molecular flexibility index (Phi) is 4.42. The molecule has 0 fully saturated rings. The van der Waals surface area contributed by atoms with Crippen LogP contribution in [0.25, 0.3) is 10.8 Å². The lowest BCUT2D eigenvalue weighted by atomic mass is 10.1. The Morgan fingerprint density at radius 1 is 1.10 bits per heavy atom. The van der Waals surface area contributed by atoms with Gasteiger partial charge in [0, 0.05) is 18.0 Å². The van der Waals surface area contributed by atoms with Crippen molar-refractivity contribution in [1.29, 1.82) is 0 Å². The van der Waals surface area contributed by atoms with Crippen molar-refractivity contribution in [3.63, 3.8) is 0 Å². The van der Waals surface area contributed by atoms with Gasteiger partial charge in [-0.25, -0.2) is 13.1 Å². The second-order valence-corrected chi connectivity index (χ2v) is 6.97. The van der Waals surface area contributed by atoms with E-state index in [1.807, 2.05) is 44.2 Å². The van der Waals surface area contributed by atoms with Gasteiger partial charge >= 0.3 is 0 Å². The first-order valence-electron chi connectivity index (χ1n) is 6.65. The number of hydrogen-bond acceptors (Lipinski definition) is 3. The minimum absolute atomic E-state index is 0.195. The first-order chi connectivity index (χ1) is 9.42. The summed E-state index contributed by atoms with van der Waals surface area (Å²) in [5.74, 6) is 0.227. The number of nitrogens with two attached hydrogens (primary N) is 1. The molecule has 0 saturated heterocycles. The first kappa shape index (κ1) is 15.0. The van der Waals surface area contributed by atoms with Crippen LogP contribution in [0, 0.1) is 5.92 Å². The molecule has 5 heteroatoms. The van der Waals surface area contributed by atoms with E-state index in [4.69, 9.17) is 5.73 Å². The summed E-state index contributed by atoms with van der Waals surface area (Å²) in [6.07, 6.45) is 0. The molecule has 4 nitrogen and oxygen atoms in total. The van der Waals surface area contributed by atoms with Gasteiger partial charge in [-0.05, 0) is 17.4 Å². The van der Waals surface area contributed by atoms with Crippen molar-refractivity contribution in [2.45, 2.75) is 24.8 Å². The average molecular weight is 292 g/mol. The van der Waals surface area contributed by atoms with Crippen LogP contribution < -0.4 is 10.5 Å². The molecular weight excluding hydrogens is 272 g/mol. The Morgan fingerprint density at radius 2 is 1.75 bits per heavy atom. The van der Waals surface area contributed by atoms with Gasteiger partial charge in [0.15, 0.2) is 0 Å². The van der Waals surface area contributed by atoms with E-state index >= 15 is 0 Å². The molecule has 1 atom stereocenters. The zero-order chi connectivity index (χ0) is 14.8. The molecule has 0 aliphatic carbocycles. The molecule has 0 aliphatic rings.